The van der Waals surface area contributed by atoms with E-state index < -0.39 is 0 Å². The first-order valence-electron chi connectivity index (χ1n) is 7.49. The lowest BCUT2D eigenvalue weighted by molar-refractivity contribution is -0.0119. The van der Waals surface area contributed by atoms with E-state index in [1.54, 1.807) is 0 Å². The van der Waals surface area contributed by atoms with Gasteiger partial charge in [-0.15, -0.1) is 0 Å². The van der Waals surface area contributed by atoms with Crippen LogP contribution in [0.4, 0.5) is 0 Å². The first kappa shape index (κ1) is 16.0. The van der Waals surface area contributed by atoms with E-state index in [0.717, 1.165) is 13.1 Å². The highest BCUT2D eigenvalue weighted by Crippen LogP contribution is 2.35. The molecule has 2 nitrogen and oxygen atoms in total. The Labute approximate surface area is 115 Å². The third kappa shape index (κ3) is 4.24. The molecule has 0 amide bonds. The van der Waals surface area contributed by atoms with Gasteiger partial charge in [0, 0.05) is 30.2 Å². The molecule has 1 atom stereocenters. The molecule has 1 fully saturated rings. The number of piperazine rings is 1. The van der Waals surface area contributed by atoms with Crippen LogP contribution < -0.4 is 5.32 Å². The fourth-order valence-electron chi connectivity index (χ4n) is 3.59. The van der Waals surface area contributed by atoms with Gasteiger partial charge in [0.05, 0.1) is 0 Å². The van der Waals surface area contributed by atoms with Crippen LogP contribution >= 0.6 is 0 Å². The number of hydrogen-bond acceptors (Lipinski definition) is 2. The monoisotopic (exact) mass is 254 g/mol. The van der Waals surface area contributed by atoms with Crippen molar-refractivity contribution in [3.63, 3.8) is 0 Å². The zero-order chi connectivity index (χ0) is 14.2. The molecule has 108 valence electrons. The molecule has 0 spiro atoms. The molecule has 0 saturated carbocycles. The van der Waals surface area contributed by atoms with Crippen LogP contribution in [0, 0.1) is 5.41 Å². The normalized spacial score (nSPS) is 26.3. The van der Waals surface area contributed by atoms with Gasteiger partial charge in [-0.05, 0) is 46.0 Å². The van der Waals surface area contributed by atoms with E-state index >= 15 is 0 Å². The summed E-state index contributed by atoms with van der Waals surface area (Å²) in [6.45, 7) is 21.1. The fraction of sp³-hybridized carbons (Fsp3) is 1.00. The van der Waals surface area contributed by atoms with Crippen LogP contribution in [0.5, 0.6) is 0 Å². The van der Waals surface area contributed by atoms with Crippen molar-refractivity contribution in [2.24, 2.45) is 5.41 Å². The zero-order valence-electron chi connectivity index (χ0n) is 13.9. The minimum absolute atomic E-state index is 0.237. The van der Waals surface area contributed by atoms with Crippen molar-refractivity contribution in [2.45, 2.75) is 85.4 Å². The molecule has 1 saturated heterocycles. The molecule has 0 radical (unpaired) electrons. The standard InChI is InChI=1S/C16H34N2/c1-9-13-10-17-15(5,6)12-18(13)16(7,8)11-14(2,3)4/h13,17H,9-12H2,1-8H3. The zero-order valence-corrected chi connectivity index (χ0v) is 13.9. The second kappa shape index (κ2) is 5.13. The third-order valence-electron chi connectivity index (χ3n) is 4.03. The van der Waals surface area contributed by atoms with Crippen molar-refractivity contribution in [3.8, 4) is 0 Å². The summed E-state index contributed by atoms with van der Waals surface area (Å²) in [6.07, 6.45) is 2.48. The Bertz CT molecular complexity index is 273. The molecule has 0 aromatic rings. The molecule has 1 aliphatic rings. The van der Waals surface area contributed by atoms with E-state index in [1.165, 1.54) is 12.8 Å². The number of nitrogens with zero attached hydrogens (tertiary/aromatic N) is 1. The van der Waals surface area contributed by atoms with Crippen LogP contribution in [-0.4, -0.2) is 35.1 Å². The Balaban J connectivity index is 2.87. The molecular weight excluding hydrogens is 220 g/mol. The highest BCUT2D eigenvalue weighted by atomic mass is 15.3. The maximum absolute atomic E-state index is 3.68. The van der Waals surface area contributed by atoms with E-state index in [9.17, 15) is 0 Å². The molecule has 1 heterocycles. The van der Waals surface area contributed by atoms with Crippen LogP contribution in [-0.2, 0) is 0 Å². The third-order valence-corrected chi connectivity index (χ3v) is 4.03. The van der Waals surface area contributed by atoms with Gasteiger partial charge in [0.15, 0.2) is 0 Å². The molecule has 2 heteroatoms. The lowest BCUT2D eigenvalue weighted by Crippen LogP contribution is -2.66. The average molecular weight is 254 g/mol. The van der Waals surface area contributed by atoms with Crippen molar-refractivity contribution < 1.29 is 0 Å². The molecule has 1 rings (SSSR count). The minimum Gasteiger partial charge on any atom is -0.309 e. The van der Waals surface area contributed by atoms with E-state index in [0.29, 0.717) is 11.5 Å². The predicted octanol–water partition coefficient (Wildman–Crippen LogP) is 3.66. The van der Waals surface area contributed by atoms with Gasteiger partial charge in [0.2, 0.25) is 0 Å². The summed E-state index contributed by atoms with van der Waals surface area (Å²) in [5, 5.41) is 3.68. The lowest BCUT2D eigenvalue weighted by atomic mass is 9.78. The maximum Gasteiger partial charge on any atom is 0.0253 e. The Morgan fingerprint density at radius 1 is 1.17 bits per heavy atom. The highest BCUT2D eigenvalue weighted by molar-refractivity contribution is 4.99. The van der Waals surface area contributed by atoms with Gasteiger partial charge in [-0.1, -0.05) is 27.7 Å². The van der Waals surface area contributed by atoms with E-state index in [1.807, 2.05) is 0 Å². The van der Waals surface area contributed by atoms with Gasteiger partial charge in [-0.3, -0.25) is 4.90 Å². The maximum atomic E-state index is 3.68. The van der Waals surface area contributed by atoms with E-state index in [-0.39, 0.29) is 11.1 Å². The first-order chi connectivity index (χ1) is 7.97. The number of rotatable bonds is 3. The van der Waals surface area contributed by atoms with Gasteiger partial charge in [0.25, 0.3) is 0 Å². The minimum atomic E-state index is 0.237. The Morgan fingerprint density at radius 2 is 1.72 bits per heavy atom. The molecule has 0 aliphatic carbocycles. The summed E-state index contributed by atoms with van der Waals surface area (Å²) in [5.74, 6) is 0. The van der Waals surface area contributed by atoms with Gasteiger partial charge >= 0.3 is 0 Å². The Hall–Kier alpha value is -0.0800. The summed E-state index contributed by atoms with van der Waals surface area (Å²) in [4.78, 5) is 2.74. The van der Waals surface area contributed by atoms with Crippen LogP contribution in [0.2, 0.25) is 0 Å². The molecule has 0 aromatic carbocycles. The molecule has 0 aromatic heterocycles. The van der Waals surface area contributed by atoms with Crippen LogP contribution in [0.25, 0.3) is 0 Å². The molecule has 18 heavy (non-hydrogen) atoms. The Kier molecular flexibility index (Phi) is 4.55. The fourth-order valence-corrected chi connectivity index (χ4v) is 3.59. The summed E-state index contributed by atoms with van der Waals surface area (Å²) in [7, 11) is 0. The van der Waals surface area contributed by atoms with Crippen LogP contribution in [0.1, 0.15) is 68.2 Å². The van der Waals surface area contributed by atoms with E-state index in [4.69, 9.17) is 0 Å². The number of hydrogen-bond donors (Lipinski definition) is 1. The smallest absolute Gasteiger partial charge is 0.0253 e. The summed E-state index contributed by atoms with van der Waals surface area (Å²) >= 11 is 0. The molecule has 1 aliphatic heterocycles. The molecular formula is C16H34N2. The van der Waals surface area contributed by atoms with Gasteiger partial charge in [-0.25, -0.2) is 0 Å². The molecule has 1 unspecified atom stereocenters. The van der Waals surface area contributed by atoms with Gasteiger partial charge in [0.1, 0.15) is 0 Å². The summed E-state index contributed by atoms with van der Waals surface area (Å²) in [5.41, 5.74) is 0.899. The first-order valence-corrected chi connectivity index (χ1v) is 7.49. The van der Waals surface area contributed by atoms with Crippen molar-refractivity contribution in [1.82, 2.24) is 10.2 Å². The van der Waals surface area contributed by atoms with Crippen molar-refractivity contribution in [1.29, 1.82) is 0 Å². The second-order valence-electron chi connectivity index (χ2n) is 8.50. The van der Waals surface area contributed by atoms with Crippen LogP contribution in [0.15, 0.2) is 0 Å². The lowest BCUT2D eigenvalue weighted by Gasteiger charge is -2.53. The average Bonchev–Trinajstić information content (AvgIpc) is 2.12. The van der Waals surface area contributed by atoms with Crippen molar-refractivity contribution >= 4 is 0 Å². The van der Waals surface area contributed by atoms with E-state index in [2.05, 4.69) is 65.6 Å². The van der Waals surface area contributed by atoms with Crippen molar-refractivity contribution in [2.75, 3.05) is 13.1 Å². The Morgan fingerprint density at radius 3 is 2.17 bits per heavy atom. The predicted molar refractivity (Wildman–Crippen MR) is 81.0 cm³/mol. The SMILES string of the molecule is CCC1CNC(C)(C)CN1C(C)(C)CC(C)(C)C. The van der Waals surface area contributed by atoms with Gasteiger partial charge < -0.3 is 5.32 Å². The van der Waals surface area contributed by atoms with Gasteiger partial charge in [-0.2, -0.15) is 0 Å². The molecule has 0 bridgehead atoms. The van der Waals surface area contributed by atoms with Crippen molar-refractivity contribution in [3.05, 3.63) is 0 Å². The largest absolute Gasteiger partial charge is 0.309 e. The van der Waals surface area contributed by atoms with Crippen LogP contribution in [0.3, 0.4) is 0 Å². The quantitative estimate of drug-likeness (QED) is 0.827. The number of nitrogens with one attached hydrogen (secondary N) is 1. The topological polar surface area (TPSA) is 15.3 Å². The second-order valence-corrected chi connectivity index (χ2v) is 8.50. The highest BCUT2D eigenvalue weighted by Gasteiger charge is 2.40. The summed E-state index contributed by atoms with van der Waals surface area (Å²) < 4.78 is 0. The summed E-state index contributed by atoms with van der Waals surface area (Å²) in [6, 6.07) is 0.676. The molecule has 1 N–H and O–H groups in total.